The van der Waals surface area contributed by atoms with Gasteiger partial charge in [0.15, 0.2) is 5.82 Å². The first-order valence-electron chi connectivity index (χ1n) is 11.5. The highest BCUT2D eigenvalue weighted by Crippen LogP contribution is 2.37. The molecule has 9 heteroatoms. The number of nitrogens with zero attached hydrogens (tertiary/aromatic N) is 5. The zero-order valence-electron chi connectivity index (χ0n) is 18.5. The Balaban J connectivity index is 1.48. The van der Waals surface area contributed by atoms with E-state index in [2.05, 4.69) is 26.5 Å². The number of benzene rings is 2. The molecular weight excluding hydrogens is 446 g/mol. The molecule has 1 fully saturated rings. The van der Waals surface area contributed by atoms with E-state index in [-0.39, 0.29) is 17.9 Å². The van der Waals surface area contributed by atoms with Crippen molar-refractivity contribution in [2.24, 2.45) is 0 Å². The van der Waals surface area contributed by atoms with Gasteiger partial charge in [-0.2, -0.15) is 13.2 Å². The van der Waals surface area contributed by atoms with Crippen molar-refractivity contribution in [3.63, 3.8) is 0 Å². The summed E-state index contributed by atoms with van der Waals surface area (Å²) >= 11 is 0. The molecule has 0 saturated heterocycles. The summed E-state index contributed by atoms with van der Waals surface area (Å²) in [5.41, 5.74) is 2.14. The van der Waals surface area contributed by atoms with E-state index in [1.54, 1.807) is 12.1 Å². The van der Waals surface area contributed by atoms with Crippen molar-refractivity contribution in [1.82, 2.24) is 25.1 Å². The minimum Gasteiger partial charge on any atom is -0.286 e. The molecule has 0 radical (unpaired) electrons. The van der Waals surface area contributed by atoms with Crippen molar-refractivity contribution >= 4 is 5.57 Å². The number of alkyl halides is 3. The molecule has 1 aliphatic carbocycles. The molecule has 0 unspecified atom stereocenters. The van der Waals surface area contributed by atoms with Crippen molar-refractivity contribution in [3.8, 4) is 0 Å². The molecule has 5 rings (SSSR count). The molecule has 5 nitrogen and oxygen atoms in total. The van der Waals surface area contributed by atoms with Crippen LogP contribution in [-0.4, -0.2) is 38.2 Å². The number of hydrogen-bond donors (Lipinski definition) is 0. The number of tetrazole rings is 1. The SMILES string of the molecule is Fc1ccc(C2=CCN([C@H](c3ccc(C(F)(F)F)cc3)c3nnnn3C3CCCC3)CC2)cc1. The highest BCUT2D eigenvalue weighted by Gasteiger charge is 2.34. The Morgan fingerprint density at radius 1 is 0.941 bits per heavy atom. The van der Waals surface area contributed by atoms with E-state index in [4.69, 9.17) is 0 Å². The van der Waals surface area contributed by atoms with Crippen LogP contribution in [0.3, 0.4) is 0 Å². The van der Waals surface area contributed by atoms with Crippen molar-refractivity contribution < 1.29 is 17.6 Å². The van der Waals surface area contributed by atoms with Crippen LogP contribution in [0.25, 0.3) is 5.57 Å². The van der Waals surface area contributed by atoms with E-state index >= 15 is 0 Å². The number of halogens is 4. The lowest BCUT2D eigenvalue weighted by molar-refractivity contribution is -0.137. The van der Waals surface area contributed by atoms with E-state index in [1.807, 2.05) is 4.68 Å². The van der Waals surface area contributed by atoms with Gasteiger partial charge < -0.3 is 0 Å². The summed E-state index contributed by atoms with van der Waals surface area (Å²) < 4.78 is 54.7. The highest BCUT2D eigenvalue weighted by molar-refractivity contribution is 5.66. The molecule has 0 bridgehead atoms. The number of hydrogen-bond acceptors (Lipinski definition) is 4. The third kappa shape index (κ3) is 4.61. The second-order valence-corrected chi connectivity index (χ2v) is 8.92. The van der Waals surface area contributed by atoms with Gasteiger partial charge in [0, 0.05) is 13.1 Å². The van der Waals surface area contributed by atoms with E-state index in [0.717, 1.165) is 60.9 Å². The second-order valence-electron chi connectivity index (χ2n) is 8.92. The molecule has 0 N–H and O–H groups in total. The molecule has 2 aliphatic rings. The monoisotopic (exact) mass is 471 g/mol. The Morgan fingerprint density at radius 2 is 1.65 bits per heavy atom. The average Bonchev–Trinajstić information content (AvgIpc) is 3.52. The van der Waals surface area contributed by atoms with Gasteiger partial charge in [0.25, 0.3) is 0 Å². The van der Waals surface area contributed by atoms with Gasteiger partial charge in [-0.1, -0.05) is 43.2 Å². The molecular formula is C25H25F4N5. The van der Waals surface area contributed by atoms with E-state index < -0.39 is 11.7 Å². The Morgan fingerprint density at radius 3 is 2.26 bits per heavy atom. The summed E-state index contributed by atoms with van der Waals surface area (Å²) in [5, 5.41) is 12.6. The van der Waals surface area contributed by atoms with Crippen molar-refractivity contribution in [2.75, 3.05) is 13.1 Å². The average molecular weight is 472 g/mol. The van der Waals surface area contributed by atoms with Gasteiger partial charge in [0.1, 0.15) is 5.82 Å². The largest absolute Gasteiger partial charge is 0.416 e. The van der Waals surface area contributed by atoms with Crippen LogP contribution in [0.15, 0.2) is 54.6 Å². The lowest BCUT2D eigenvalue weighted by Gasteiger charge is -2.34. The normalized spacial score (nSPS) is 18.8. The van der Waals surface area contributed by atoms with Gasteiger partial charge in [0.2, 0.25) is 0 Å². The van der Waals surface area contributed by atoms with Crippen molar-refractivity contribution in [2.45, 2.75) is 50.4 Å². The summed E-state index contributed by atoms with van der Waals surface area (Å²) in [6, 6.07) is 11.6. The molecule has 1 atom stereocenters. The van der Waals surface area contributed by atoms with Crippen molar-refractivity contribution in [3.05, 3.63) is 82.9 Å². The van der Waals surface area contributed by atoms with Crippen LogP contribution in [0.1, 0.15) is 66.7 Å². The molecule has 2 heterocycles. The van der Waals surface area contributed by atoms with Gasteiger partial charge in [0.05, 0.1) is 17.6 Å². The fourth-order valence-corrected chi connectivity index (χ4v) is 5.01. The van der Waals surface area contributed by atoms with Crippen LogP contribution in [-0.2, 0) is 6.18 Å². The maximum absolute atomic E-state index is 13.3. The first-order chi connectivity index (χ1) is 16.4. The predicted octanol–water partition coefficient (Wildman–Crippen LogP) is 5.82. The van der Waals surface area contributed by atoms with E-state index in [9.17, 15) is 17.6 Å². The third-order valence-electron chi connectivity index (χ3n) is 6.81. The highest BCUT2D eigenvalue weighted by atomic mass is 19.4. The van der Waals surface area contributed by atoms with E-state index in [1.165, 1.54) is 24.3 Å². The Kier molecular flexibility index (Phi) is 6.20. The van der Waals surface area contributed by atoms with E-state index in [0.29, 0.717) is 18.9 Å². The standard InChI is InChI=1S/C25H25F4N5/c26-21-11-7-17(8-12-21)18-13-15-33(16-14-18)23(19-5-9-20(10-6-19)25(27,28)29)24-30-31-32-34(24)22-3-1-2-4-22/h5-13,22-23H,1-4,14-16H2/t23-/m1/s1. The molecule has 1 aromatic heterocycles. The lowest BCUT2D eigenvalue weighted by atomic mass is 9.96. The Bertz CT molecular complexity index is 1150. The minimum atomic E-state index is -4.39. The first kappa shape index (κ1) is 22.7. The molecule has 178 valence electrons. The molecule has 2 aromatic carbocycles. The maximum atomic E-state index is 13.3. The van der Waals surface area contributed by atoms with Gasteiger partial charge in [-0.25, -0.2) is 9.07 Å². The number of aromatic nitrogens is 4. The maximum Gasteiger partial charge on any atom is 0.416 e. The van der Waals surface area contributed by atoms with Crippen LogP contribution < -0.4 is 0 Å². The molecule has 0 amide bonds. The van der Waals surface area contributed by atoms with Gasteiger partial charge in [-0.3, -0.25) is 4.90 Å². The summed E-state index contributed by atoms with van der Waals surface area (Å²) in [5.74, 6) is 0.383. The van der Waals surface area contributed by atoms with Crippen LogP contribution in [0.2, 0.25) is 0 Å². The van der Waals surface area contributed by atoms with Gasteiger partial charge in [-0.15, -0.1) is 5.10 Å². The molecule has 1 aliphatic heterocycles. The Hall–Kier alpha value is -3.07. The van der Waals surface area contributed by atoms with Crippen LogP contribution in [0.5, 0.6) is 0 Å². The molecule has 1 saturated carbocycles. The zero-order valence-corrected chi connectivity index (χ0v) is 18.5. The molecule has 34 heavy (non-hydrogen) atoms. The third-order valence-corrected chi connectivity index (χ3v) is 6.81. The first-order valence-corrected chi connectivity index (χ1v) is 11.5. The van der Waals surface area contributed by atoms with Crippen LogP contribution in [0, 0.1) is 5.82 Å². The summed E-state index contributed by atoms with van der Waals surface area (Å²) in [4.78, 5) is 2.19. The van der Waals surface area contributed by atoms with Crippen LogP contribution >= 0.6 is 0 Å². The fourth-order valence-electron chi connectivity index (χ4n) is 5.01. The second kappa shape index (κ2) is 9.29. The summed E-state index contributed by atoms with van der Waals surface area (Å²) in [7, 11) is 0. The quantitative estimate of drug-likeness (QED) is 0.440. The lowest BCUT2D eigenvalue weighted by Crippen LogP contribution is -2.35. The minimum absolute atomic E-state index is 0.206. The van der Waals surface area contributed by atoms with Gasteiger partial charge in [-0.05, 0) is 70.7 Å². The van der Waals surface area contributed by atoms with Crippen molar-refractivity contribution in [1.29, 1.82) is 0 Å². The topological polar surface area (TPSA) is 46.8 Å². The molecule has 3 aromatic rings. The number of rotatable bonds is 5. The smallest absolute Gasteiger partial charge is 0.286 e. The molecule has 0 spiro atoms. The fraction of sp³-hybridized carbons (Fsp3) is 0.400. The summed E-state index contributed by atoms with van der Waals surface area (Å²) in [6.07, 6.45) is 2.65. The van der Waals surface area contributed by atoms with Crippen LogP contribution in [0.4, 0.5) is 17.6 Å². The zero-order chi connectivity index (χ0) is 23.7. The Labute approximate surface area is 195 Å². The predicted molar refractivity (Wildman–Crippen MR) is 119 cm³/mol. The summed E-state index contributed by atoms with van der Waals surface area (Å²) in [6.45, 7) is 1.25. The van der Waals surface area contributed by atoms with Gasteiger partial charge >= 0.3 is 6.18 Å².